The van der Waals surface area contributed by atoms with E-state index in [1.807, 2.05) is 49.9 Å². The molecule has 0 unspecified atom stereocenters. The number of ether oxygens (including phenoxy) is 1. The molecule has 0 saturated carbocycles. The molecule has 0 atom stereocenters. The molecule has 0 aromatic heterocycles. The molecule has 0 spiro atoms. The number of carbonyl (C=O) groups excluding carboxylic acids is 1. The van der Waals surface area contributed by atoms with Gasteiger partial charge in [0.05, 0.1) is 6.61 Å². The average Bonchev–Trinajstić information content (AvgIpc) is 2.70. The molecule has 0 bridgehead atoms. The largest absolute Gasteiger partial charge is 0.377 e. The van der Waals surface area contributed by atoms with E-state index in [0.29, 0.717) is 13.2 Å². The zero-order valence-corrected chi connectivity index (χ0v) is 17.6. The SMILES string of the molecule is CC.CCOCc1ccc(C(=O)N2CCN(CC3CN(CC)C3)CC2)cc1. The number of rotatable bonds is 7. The van der Waals surface area contributed by atoms with Crippen LogP contribution >= 0.6 is 0 Å². The van der Waals surface area contributed by atoms with Crippen molar-refractivity contribution in [1.82, 2.24) is 14.7 Å². The Morgan fingerprint density at radius 1 is 1.00 bits per heavy atom. The van der Waals surface area contributed by atoms with Crippen molar-refractivity contribution in [1.29, 1.82) is 0 Å². The number of carbonyl (C=O) groups is 1. The molecule has 2 aliphatic heterocycles. The van der Waals surface area contributed by atoms with Gasteiger partial charge in [-0.1, -0.05) is 32.9 Å². The van der Waals surface area contributed by atoms with Crippen LogP contribution in [0.25, 0.3) is 0 Å². The lowest BCUT2D eigenvalue weighted by molar-refractivity contribution is 0.0430. The molecule has 5 heteroatoms. The Morgan fingerprint density at radius 2 is 1.63 bits per heavy atom. The molecule has 2 fully saturated rings. The van der Waals surface area contributed by atoms with E-state index in [0.717, 1.165) is 43.2 Å². The number of nitrogens with zero attached hydrogens (tertiary/aromatic N) is 3. The number of benzene rings is 1. The van der Waals surface area contributed by atoms with Gasteiger partial charge in [-0.2, -0.15) is 0 Å². The van der Waals surface area contributed by atoms with Crippen LogP contribution in [0.5, 0.6) is 0 Å². The Labute approximate surface area is 165 Å². The molecule has 0 N–H and O–H groups in total. The molecular formula is C22H37N3O2. The minimum atomic E-state index is 0.156. The molecule has 0 radical (unpaired) electrons. The van der Waals surface area contributed by atoms with Gasteiger partial charge in [-0.15, -0.1) is 0 Å². The van der Waals surface area contributed by atoms with Gasteiger partial charge in [0, 0.05) is 58.0 Å². The summed E-state index contributed by atoms with van der Waals surface area (Å²) in [4.78, 5) is 19.7. The molecule has 152 valence electrons. The number of amides is 1. The van der Waals surface area contributed by atoms with E-state index < -0.39 is 0 Å². The van der Waals surface area contributed by atoms with Gasteiger partial charge in [-0.25, -0.2) is 0 Å². The van der Waals surface area contributed by atoms with E-state index in [2.05, 4.69) is 16.7 Å². The van der Waals surface area contributed by atoms with Gasteiger partial charge in [-0.05, 0) is 37.1 Å². The molecule has 1 aromatic carbocycles. The summed E-state index contributed by atoms with van der Waals surface area (Å²) in [5.74, 6) is 0.975. The average molecular weight is 376 g/mol. The maximum Gasteiger partial charge on any atom is 0.253 e. The van der Waals surface area contributed by atoms with Crippen LogP contribution < -0.4 is 0 Å². The van der Waals surface area contributed by atoms with Crippen LogP contribution in [0.15, 0.2) is 24.3 Å². The molecule has 1 aromatic rings. The van der Waals surface area contributed by atoms with Crippen molar-refractivity contribution in [3.8, 4) is 0 Å². The van der Waals surface area contributed by atoms with E-state index in [1.54, 1.807) is 0 Å². The van der Waals surface area contributed by atoms with Crippen LogP contribution in [0, 0.1) is 5.92 Å². The van der Waals surface area contributed by atoms with Crippen molar-refractivity contribution in [2.45, 2.75) is 34.3 Å². The van der Waals surface area contributed by atoms with Gasteiger partial charge in [0.2, 0.25) is 0 Å². The fraction of sp³-hybridized carbons (Fsp3) is 0.682. The predicted molar refractivity (Wildman–Crippen MR) is 111 cm³/mol. The highest BCUT2D eigenvalue weighted by atomic mass is 16.5. The third kappa shape index (κ3) is 6.30. The Kier molecular flexibility index (Phi) is 9.25. The zero-order valence-electron chi connectivity index (χ0n) is 17.6. The Morgan fingerprint density at radius 3 is 2.19 bits per heavy atom. The van der Waals surface area contributed by atoms with Gasteiger partial charge < -0.3 is 14.5 Å². The van der Waals surface area contributed by atoms with E-state index in [1.165, 1.54) is 26.2 Å². The van der Waals surface area contributed by atoms with Crippen LogP contribution in [0.4, 0.5) is 0 Å². The van der Waals surface area contributed by atoms with Crippen molar-refractivity contribution in [2.24, 2.45) is 5.92 Å². The molecule has 0 aliphatic carbocycles. The first kappa shape index (κ1) is 21.9. The fourth-order valence-electron chi connectivity index (χ4n) is 3.70. The summed E-state index contributed by atoms with van der Waals surface area (Å²) in [5, 5.41) is 0. The van der Waals surface area contributed by atoms with E-state index in [4.69, 9.17) is 4.74 Å². The zero-order chi connectivity index (χ0) is 19.6. The summed E-state index contributed by atoms with van der Waals surface area (Å²) >= 11 is 0. The van der Waals surface area contributed by atoms with Gasteiger partial charge in [0.1, 0.15) is 0 Å². The highest BCUT2D eigenvalue weighted by molar-refractivity contribution is 5.94. The Hall–Kier alpha value is -1.43. The third-order valence-electron chi connectivity index (χ3n) is 5.33. The normalized spacial score (nSPS) is 18.6. The Bertz CT molecular complexity index is 547. The molecule has 2 heterocycles. The predicted octanol–water partition coefficient (Wildman–Crippen LogP) is 2.96. The first-order valence-corrected chi connectivity index (χ1v) is 10.6. The van der Waals surface area contributed by atoms with E-state index in [9.17, 15) is 4.79 Å². The first-order valence-electron chi connectivity index (χ1n) is 10.6. The van der Waals surface area contributed by atoms with E-state index >= 15 is 0 Å². The van der Waals surface area contributed by atoms with Gasteiger partial charge in [0.15, 0.2) is 0 Å². The lowest BCUT2D eigenvalue weighted by atomic mass is 9.99. The molecule has 2 aliphatic rings. The second-order valence-electron chi connectivity index (χ2n) is 7.15. The Balaban J connectivity index is 0.00000126. The topological polar surface area (TPSA) is 36.0 Å². The second kappa shape index (κ2) is 11.4. The summed E-state index contributed by atoms with van der Waals surface area (Å²) in [6.45, 7) is 18.0. The lowest BCUT2D eigenvalue weighted by Gasteiger charge is -2.43. The standard InChI is InChI=1S/C20H31N3O2.C2H6/c1-3-21-13-18(14-21)15-22-9-11-23(12-10-22)20(24)19-7-5-17(6-8-19)16-25-4-2;1-2/h5-8,18H,3-4,9-16H2,1-2H3;1-2H3. The molecule has 1 amide bonds. The van der Waals surface area contributed by atoms with Crippen LogP contribution in [0.2, 0.25) is 0 Å². The minimum Gasteiger partial charge on any atom is -0.377 e. The highest BCUT2D eigenvalue weighted by Gasteiger charge is 2.29. The molecule has 3 rings (SSSR count). The first-order chi connectivity index (χ1) is 13.2. The number of piperazine rings is 1. The number of hydrogen-bond donors (Lipinski definition) is 0. The van der Waals surface area contributed by atoms with Gasteiger partial charge in [-0.3, -0.25) is 9.69 Å². The van der Waals surface area contributed by atoms with E-state index in [-0.39, 0.29) is 5.91 Å². The summed E-state index contributed by atoms with van der Waals surface area (Å²) in [6, 6.07) is 7.85. The smallest absolute Gasteiger partial charge is 0.253 e. The summed E-state index contributed by atoms with van der Waals surface area (Å²) in [5.41, 5.74) is 1.90. The molecule has 27 heavy (non-hydrogen) atoms. The fourth-order valence-corrected chi connectivity index (χ4v) is 3.70. The number of likely N-dealkylation sites (tertiary alicyclic amines) is 1. The van der Waals surface area contributed by atoms with Crippen molar-refractivity contribution in [3.05, 3.63) is 35.4 Å². The second-order valence-corrected chi connectivity index (χ2v) is 7.15. The monoisotopic (exact) mass is 375 g/mol. The molecular weight excluding hydrogens is 338 g/mol. The quantitative estimate of drug-likeness (QED) is 0.734. The van der Waals surface area contributed by atoms with Gasteiger partial charge in [0.25, 0.3) is 5.91 Å². The van der Waals surface area contributed by atoms with Gasteiger partial charge >= 0.3 is 0 Å². The van der Waals surface area contributed by atoms with Crippen molar-refractivity contribution in [3.63, 3.8) is 0 Å². The van der Waals surface area contributed by atoms with Crippen LogP contribution in [-0.4, -0.2) is 79.6 Å². The van der Waals surface area contributed by atoms with Crippen molar-refractivity contribution >= 4 is 5.91 Å². The summed E-state index contributed by atoms with van der Waals surface area (Å²) in [7, 11) is 0. The highest BCUT2D eigenvalue weighted by Crippen LogP contribution is 2.18. The molecule has 5 nitrogen and oxygen atoms in total. The number of hydrogen-bond acceptors (Lipinski definition) is 4. The maximum absolute atomic E-state index is 12.7. The van der Waals surface area contributed by atoms with Crippen molar-refractivity contribution in [2.75, 3.05) is 59.0 Å². The molecule has 2 saturated heterocycles. The lowest BCUT2D eigenvalue weighted by Crippen LogP contribution is -2.55. The van der Waals surface area contributed by atoms with Crippen LogP contribution in [0.3, 0.4) is 0 Å². The van der Waals surface area contributed by atoms with Crippen LogP contribution in [-0.2, 0) is 11.3 Å². The maximum atomic E-state index is 12.7. The summed E-state index contributed by atoms with van der Waals surface area (Å²) in [6.07, 6.45) is 0. The summed E-state index contributed by atoms with van der Waals surface area (Å²) < 4.78 is 5.40. The third-order valence-corrected chi connectivity index (χ3v) is 5.33. The van der Waals surface area contributed by atoms with Crippen molar-refractivity contribution < 1.29 is 9.53 Å². The van der Waals surface area contributed by atoms with Crippen LogP contribution in [0.1, 0.15) is 43.6 Å². The minimum absolute atomic E-state index is 0.156.